The lowest BCUT2D eigenvalue weighted by molar-refractivity contribution is 0.591. The van der Waals surface area contributed by atoms with Crippen LogP contribution in [0.3, 0.4) is 0 Å². The van der Waals surface area contributed by atoms with E-state index in [0.29, 0.717) is 24.3 Å². The number of nitrogens with two attached hydrogens (primary N) is 1. The first-order chi connectivity index (χ1) is 9.69. The molecule has 5 heteroatoms. The monoisotopic (exact) mass is 273 g/mol. The van der Waals surface area contributed by atoms with Crippen molar-refractivity contribution < 1.29 is 8.78 Å². The van der Waals surface area contributed by atoms with Gasteiger partial charge in [-0.05, 0) is 24.6 Å². The second-order valence-electron chi connectivity index (χ2n) is 4.57. The number of nitrogens with one attached hydrogen (secondary N) is 1. The van der Waals surface area contributed by atoms with E-state index in [2.05, 4.69) is 9.97 Å². The molecule has 0 spiro atoms. The van der Waals surface area contributed by atoms with Gasteiger partial charge in [-0.25, -0.2) is 13.8 Å². The van der Waals surface area contributed by atoms with Crippen molar-refractivity contribution >= 4 is 11.0 Å². The second kappa shape index (κ2) is 5.02. The smallest absolute Gasteiger partial charge is 0.153 e. The molecule has 3 rings (SSSR count). The fourth-order valence-electron chi connectivity index (χ4n) is 2.29. The number of aromatic nitrogens is 2. The summed E-state index contributed by atoms with van der Waals surface area (Å²) in [4.78, 5) is 7.19. The molecule has 0 bridgehead atoms. The highest BCUT2D eigenvalue weighted by molar-refractivity contribution is 5.80. The average Bonchev–Trinajstić information content (AvgIpc) is 2.83. The molecule has 0 aliphatic carbocycles. The van der Waals surface area contributed by atoms with Gasteiger partial charge in [0.15, 0.2) is 5.82 Å². The molecule has 0 radical (unpaired) electrons. The molecule has 0 atom stereocenters. The van der Waals surface area contributed by atoms with Gasteiger partial charge in [0.2, 0.25) is 0 Å². The predicted octanol–water partition coefficient (Wildman–Crippen LogP) is 3.01. The summed E-state index contributed by atoms with van der Waals surface area (Å²) in [5.41, 5.74) is 7.95. The molecule has 102 valence electrons. The van der Waals surface area contributed by atoms with Gasteiger partial charge in [-0.3, -0.25) is 0 Å². The van der Waals surface area contributed by atoms with Crippen LogP contribution in [0.5, 0.6) is 0 Å². The van der Waals surface area contributed by atoms with Gasteiger partial charge in [0.05, 0.1) is 5.52 Å². The maximum Gasteiger partial charge on any atom is 0.153 e. The van der Waals surface area contributed by atoms with E-state index in [0.717, 1.165) is 17.2 Å². The van der Waals surface area contributed by atoms with Crippen LogP contribution in [0.25, 0.3) is 22.4 Å². The van der Waals surface area contributed by atoms with E-state index in [9.17, 15) is 8.78 Å². The maximum atomic E-state index is 13.7. The van der Waals surface area contributed by atoms with Crippen molar-refractivity contribution in [2.24, 2.45) is 5.73 Å². The van der Waals surface area contributed by atoms with E-state index in [1.165, 1.54) is 6.07 Å². The van der Waals surface area contributed by atoms with Crippen LogP contribution >= 0.6 is 0 Å². The zero-order valence-electron chi connectivity index (χ0n) is 10.7. The first kappa shape index (κ1) is 12.7. The normalized spacial score (nSPS) is 11.2. The van der Waals surface area contributed by atoms with Gasteiger partial charge < -0.3 is 10.7 Å². The third kappa shape index (κ3) is 2.16. The Balaban J connectivity index is 2.18. The molecule has 0 aliphatic rings. The molecule has 0 aliphatic heterocycles. The summed E-state index contributed by atoms with van der Waals surface area (Å²) in [7, 11) is 0. The first-order valence-corrected chi connectivity index (χ1v) is 6.32. The molecule has 0 saturated heterocycles. The number of nitrogens with zero attached hydrogens (tertiary/aromatic N) is 1. The molecule has 1 aromatic heterocycles. The summed E-state index contributed by atoms with van der Waals surface area (Å²) in [6, 6.07) is 9.69. The molecule has 0 unspecified atom stereocenters. The van der Waals surface area contributed by atoms with Crippen LogP contribution in [-0.2, 0) is 6.42 Å². The number of hydrogen-bond donors (Lipinski definition) is 2. The maximum absolute atomic E-state index is 13.7. The summed E-state index contributed by atoms with van der Waals surface area (Å²) in [6.07, 6.45) is 0.698. The lowest BCUT2D eigenvalue weighted by Crippen LogP contribution is -2.04. The molecular weight excluding hydrogens is 260 g/mol. The minimum atomic E-state index is -0.668. The van der Waals surface area contributed by atoms with Crippen LogP contribution in [0.15, 0.2) is 36.4 Å². The van der Waals surface area contributed by atoms with E-state index in [4.69, 9.17) is 5.73 Å². The Bertz CT molecular complexity index is 765. The van der Waals surface area contributed by atoms with Crippen molar-refractivity contribution in [1.82, 2.24) is 9.97 Å². The lowest BCUT2D eigenvalue weighted by atomic mass is 10.0. The van der Waals surface area contributed by atoms with E-state index in [1.54, 1.807) is 0 Å². The van der Waals surface area contributed by atoms with E-state index < -0.39 is 11.6 Å². The molecular formula is C15H13F2N3. The van der Waals surface area contributed by atoms with Crippen molar-refractivity contribution in [3.8, 4) is 11.4 Å². The lowest BCUT2D eigenvalue weighted by Gasteiger charge is -2.05. The molecule has 3 N–H and O–H groups in total. The fourth-order valence-corrected chi connectivity index (χ4v) is 2.29. The molecule has 1 heterocycles. The van der Waals surface area contributed by atoms with Gasteiger partial charge in [-0.1, -0.05) is 24.3 Å². The van der Waals surface area contributed by atoms with Crippen LogP contribution in [0.1, 0.15) is 5.56 Å². The molecule has 2 aromatic carbocycles. The van der Waals surface area contributed by atoms with Crippen LogP contribution < -0.4 is 5.73 Å². The number of halogens is 2. The number of benzene rings is 2. The minimum Gasteiger partial charge on any atom is -0.338 e. The van der Waals surface area contributed by atoms with Crippen molar-refractivity contribution in [2.75, 3.05) is 6.54 Å². The highest BCUT2D eigenvalue weighted by Crippen LogP contribution is 2.25. The largest absolute Gasteiger partial charge is 0.338 e. The van der Waals surface area contributed by atoms with Crippen molar-refractivity contribution in [2.45, 2.75) is 6.42 Å². The highest BCUT2D eigenvalue weighted by Gasteiger charge is 2.13. The number of aromatic amines is 1. The number of imidazole rings is 1. The van der Waals surface area contributed by atoms with Gasteiger partial charge in [0.1, 0.15) is 17.2 Å². The summed E-state index contributed by atoms with van der Waals surface area (Å²) >= 11 is 0. The molecule has 0 fully saturated rings. The van der Waals surface area contributed by atoms with Crippen LogP contribution in [0, 0.1) is 11.6 Å². The number of hydrogen-bond acceptors (Lipinski definition) is 2. The Morgan fingerprint density at radius 3 is 2.75 bits per heavy atom. The number of fused-ring (bicyclic) bond motifs is 1. The molecule has 20 heavy (non-hydrogen) atoms. The third-order valence-corrected chi connectivity index (χ3v) is 3.19. The Morgan fingerprint density at radius 1 is 1.15 bits per heavy atom. The van der Waals surface area contributed by atoms with Gasteiger partial charge in [-0.2, -0.15) is 0 Å². The summed E-state index contributed by atoms with van der Waals surface area (Å²) in [6.45, 7) is 0.514. The topological polar surface area (TPSA) is 54.7 Å². The Kier molecular flexibility index (Phi) is 3.20. The van der Waals surface area contributed by atoms with Crippen molar-refractivity contribution in [1.29, 1.82) is 0 Å². The Labute approximate surface area is 114 Å². The van der Waals surface area contributed by atoms with Crippen LogP contribution in [0.2, 0.25) is 0 Å². The number of H-pyrrole nitrogens is 1. The van der Waals surface area contributed by atoms with E-state index in [-0.39, 0.29) is 5.52 Å². The minimum absolute atomic E-state index is 0.143. The fraction of sp³-hybridized carbons (Fsp3) is 0.133. The van der Waals surface area contributed by atoms with Crippen molar-refractivity contribution in [3.05, 3.63) is 53.6 Å². The average molecular weight is 273 g/mol. The molecule has 0 saturated carbocycles. The van der Waals surface area contributed by atoms with Gasteiger partial charge in [-0.15, -0.1) is 0 Å². The quantitative estimate of drug-likeness (QED) is 0.770. The zero-order valence-corrected chi connectivity index (χ0v) is 10.7. The SMILES string of the molecule is NCCc1ccccc1-c1nc2c(F)cc(F)cc2[nH]1. The number of rotatable bonds is 3. The molecule has 3 aromatic rings. The Morgan fingerprint density at radius 2 is 1.95 bits per heavy atom. The third-order valence-electron chi connectivity index (χ3n) is 3.19. The first-order valence-electron chi connectivity index (χ1n) is 6.32. The summed E-state index contributed by atoms with van der Waals surface area (Å²) in [5, 5.41) is 0. The summed E-state index contributed by atoms with van der Waals surface area (Å²) < 4.78 is 26.9. The van der Waals surface area contributed by atoms with Gasteiger partial charge in [0.25, 0.3) is 0 Å². The zero-order chi connectivity index (χ0) is 14.1. The van der Waals surface area contributed by atoms with Crippen LogP contribution in [0.4, 0.5) is 8.78 Å². The standard InChI is InChI=1S/C15H13F2N3/c16-10-7-12(17)14-13(8-10)19-15(20-14)11-4-2-1-3-9(11)5-6-18/h1-4,7-8H,5-6,18H2,(H,19,20). The summed E-state index contributed by atoms with van der Waals surface area (Å²) in [5.74, 6) is -0.771. The van der Waals surface area contributed by atoms with Crippen molar-refractivity contribution in [3.63, 3.8) is 0 Å². The molecule has 3 nitrogen and oxygen atoms in total. The predicted molar refractivity (Wildman–Crippen MR) is 74.2 cm³/mol. The second-order valence-corrected chi connectivity index (χ2v) is 4.57. The van der Waals surface area contributed by atoms with Crippen LogP contribution in [-0.4, -0.2) is 16.5 Å². The Hall–Kier alpha value is -2.27. The highest BCUT2D eigenvalue weighted by atomic mass is 19.1. The molecule has 0 amide bonds. The van der Waals surface area contributed by atoms with Gasteiger partial charge >= 0.3 is 0 Å². The van der Waals surface area contributed by atoms with E-state index in [1.807, 2.05) is 24.3 Å². The van der Waals surface area contributed by atoms with E-state index >= 15 is 0 Å². The van der Waals surface area contributed by atoms with Gasteiger partial charge in [0, 0.05) is 11.6 Å².